The zero-order valence-electron chi connectivity index (χ0n) is 11.1. The first-order valence-corrected chi connectivity index (χ1v) is 6.39. The molecule has 21 heavy (non-hydrogen) atoms. The summed E-state index contributed by atoms with van der Waals surface area (Å²) >= 11 is 0. The first-order valence-electron chi connectivity index (χ1n) is 6.39. The second kappa shape index (κ2) is 4.44. The minimum Gasteiger partial charge on any atom is -0.334 e. The molecule has 0 bridgehead atoms. The molecule has 2 heterocycles. The van der Waals surface area contributed by atoms with Crippen molar-refractivity contribution in [3.8, 4) is 11.5 Å². The molecule has 1 aliphatic rings. The molecule has 112 valence electrons. The molecule has 8 heteroatoms. The summed E-state index contributed by atoms with van der Waals surface area (Å²) in [6.45, 7) is 0.643. The van der Waals surface area contributed by atoms with Crippen LogP contribution in [0.5, 0.6) is 0 Å². The molecule has 0 saturated heterocycles. The number of alkyl halides is 3. The Kier molecular flexibility index (Phi) is 2.93. The zero-order chi connectivity index (χ0) is 15.3. The topological polar surface area (TPSA) is 60.9 Å². The van der Waals surface area contributed by atoms with Crippen LogP contribution in [0.25, 0.3) is 11.5 Å². The predicted octanol–water partition coefficient (Wildman–Crippen LogP) is 2.51. The molecule has 2 aromatic heterocycles. The standard InChI is InChI=1S/C13H12F3N3O2/c1-12(4-5-12)11-17-10(21-18-11)8-2-3-9(20)19(6-8)7-13(14,15)16/h2-3,6H,4-5,7H2,1H3. The van der Waals surface area contributed by atoms with Gasteiger partial charge >= 0.3 is 6.18 Å². The minimum absolute atomic E-state index is 0.0951. The number of hydrogen-bond donors (Lipinski definition) is 0. The zero-order valence-corrected chi connectivity index (χ0v) is 11.1. The molecular weight excluding hydrogens is 287 g/mol. The van der Waals surface area contributed by atoms with Gasteiger partial charge in [-0.2, -0.15) is 18.2 Å². The van der Waals surface area contributed by atoms with Gasteiger partial charge in [0.2, 0.25) is 0 Å². The van der Waals surface area contributed by atoms with E-state index in [2.05, 4.69) is 10.1 Å². The van der Waals surface area contributed by atoms with Crippen LogP contribution in [0.2, 0.25) is 0 Å². The Morgan fingerprint density at radius 1 is 1.38 bits per heavy atom. The molecule has 0 aromatic carbocycles. The number of halogens is 3. The highest BCUT2D eigenvalue weighted by Crippen LogP contribution is 2.46. The van der Waals surface area contributed by atoms with E-state index in [1.807, 2.05) is 6.92 Å². The second-order valence-electron chi connectivity index (χ2n) is 5.48. The largest absolute Gasteiger partial charge is 0.406 e. The van der Waals surface area contributed by atoms with E-state index in [0.29, 0.717) is 16.0 Å². The van der Waals surface area contributed by atoms with Gasteiger partial charge in [-0.15, -0.1) is 0 Å². The van der Waals surface area contributed by atoms with Crippen molar-refractivity contribution in [3.05, 3.63) is 34.5 Å². The van der Waals surface area contributed by atoms with E-state index in [9.17, 15) is 18.0 Å². The van der Waals surface area contributed by atoms with Crippen LogP contribution in [-0.4, -0.2) is 20.9 Å². The maximum atomic E-state index is 12.4. The van der Waals surface area contributed by atoms with E-state index in [0.717, 1.165) is 25.1 Å². The van der Waals surface area contributed by atoms with Gasteiger partial charge in [-0.1, -0.05) is 12.1 Å². The normalized spacial score (nSPS) is 17.0. The lowest BCUT2D eigenvalue weighted by Crippen LogP contribution is -2.27. The fraction of sp³-hybridized carbons (Fsp3) is 0.462. The maximum Gasteiger partial charge on any atom is 0.406 e. The summed E-state index contributed by atoms with van der Waals surface area (Å²) in [5.41, 5.74) is -0.533. The van der Waals surface area contributed by atoms with Gasteiger partial charge in [-0.3, -0.25) is 4.79 Å². The Balaban J connectivity index is 1.94. The number of hydrogen-bond acceptors (Lipinski definition) is 4. The van der Waals surface area contributed by atoms with Gasteiger partial charge in [0, 0.05) is 17.7 Å². The van der Waals surface area contributed by atoms with Gasteiger partial charge in [0.25, 0.3) is 11.4 Å². The summed E-state index contributed by atoms with van der Waals surface area (Å²) in [5, 5.41) is 3.86. The van der Waals surface area contributed by atoms with E-state index >= 15 is 0 Å². The average Bonchev–Trinajstić information content (AvgIpc) is 2.94. The monoisotopic (exact) mass is 299 g/mol. The summed E-state index contributed by atoms with van der Waals surface area (Å²) in [5.74, 6) is 0.667. The lowest BCUT2D eigenvalue weighted by molar-refractivity contribution is -0.141. The maximum absolute atomic E-state index is 12.4. The summed E-state index contributed by atoms with van der Waals surface area (Å²) in [4.78, 5) is 15.7. The van der Waals surface area contributed by atoms with Crippen LogP contribution < -0.4 is 5.56 Å². The lowest BCUT2D eigenvalue weighted by Gasteiger charge is -2.09. The van der Waals surface area contributed by atoms with Crippen LogP contribution in [0.3, 0.4) is 0 Å². The molecule has 0 unspecified atom stereocenters. The molecule has 0 atom stereocenters. The Morgan fingerprint density at radius 3 is 2.71 bits per heavy atom. The van der Waals surface area contributed by atoms with Crippen molar-refractivity contribution < 1.29 is 17.7 Å². The fourth-order valence-corrected chi connectivity index (χ4v) is 1.97. The number of nitrogens with zero attached hydrogens (tertiary/aromatic N) is 3. The third kappa shape index (κ3) is 2.84. The van der Waals surface area contributed by atoms with Crippen molar-refractivity contribution in [2.75, 3.05) is 0 Å². The number of aromatic nitrogens is 3. The molecule has 0 spiro atoms. The van der Waals surface area contributed by atoms with Crippen molar-refractivity contribution in [2.45, 2.75) is 37.9 Å². The van der Waals surface area contributed by atoms with Crippen molar-refractivity contribution in [1.82, 2.24) is 14.7 Å². The quantitative estimate of drug-likeness (QED) is 0.873. The third-order valence-corrected chi connectivity index (χ3v) is 3.55. The van der Waals surface area contributed by atoms with Crippen molar-refractivity contribution in [2.24, 2.45) is 0 Å². The van der Waals surface area contributed by atoms with E-state index in [1.54, 1.807) is 0 Å². The average molecular weight is 299 g/mol. The molecule has 1 saturated carbocycles. The Labute approximate surface area is 117 Å². The highest BCUT2D eigenvalue weighted by Gasteiger charge is 2.43. The lowest BCUT2D eigenvalue weighted by atomic mass is 10.1. The Hall–Kier alpha value is -2.12. The van der Waals surface area contributed by atoms with Crippen molar-refractivity contribution in [1.29, 1.82) is 0 Å². The second-order valence-corrected chi connectivity index (χ2v) is 5.48. The summed E-state index contributed by atoms with van der Waals surface area (Å²) in [6.07, 6.45) is -1.47. The summed E-state index contributed by atoms with van der Waals surface area (Å²) < 4.78 is 42.9. The molecule has 0 N–H and O–H groups in total. The Bertz CT molecular complexity index is 729. The first kappa shape index (κ1) is 13.8. The van der Waals surface area contributed by atoms with Gasteiger partial charge in [0.05, 0.1) is 5.56 Å². The fourth-order valence-electron chi connectivity index (χ4n) is 1.97. The van der Waals surface area contributed by atoms with Crippen LogP contribution in [0.15, 0.2) is 27.6 Å². The molecule has 1 aliphatic carbocycles. The molecular formula is C13H12F3N3O2. The molecule has 3 rings (SSSR count). The van der Waals surface area contributed by atoms with Gasteiger partial charge in [0.1, 0.15) is 6.54 Å². The summed E-state index contributed by atoms with van der Waals surface area (Å²) in [7, 11) is 0. The van der Waals surface area contributed by atoms with Crippen LogP contribution in [0.4, 0.5) is 13.2 Å². The van der Waals surface area contributed by atoms with Crippen LogP contribution in [0.1, 0.15) is 25.6 Å². The van der Waals surface area contributed by atoms with Gasteiger partial charge in [-0.05, 0) is 18.9 Å². The first-order chi connectivity index (χ1) is 9.77. The third-order valence-electron chi connectivity index (χ3n) is 3.55. The van der Waals surface area contributed by atoms with Crippen LogP contribution in [-0.2, 0) is 12.0 Å². The SMILES string of the molecule is CC1(c2noc(-c3ccc(=O)n(CC(F)(F)F)c3)n2)CC1. The molecule has 0 aliphatic heterocycles. The molecule has 0 radical (unpaired) electrons. The minimum atomic E-state index is -4.47. The van der Waals surface area contributed by atoms with E-state index < -0.39 is 18.3 Å². The molecule has 5 nitrogen and oxygen atoms in total. The number of pyridine rings is 1. The highest BCUT2D eigenvalue weighted by molar-refractivity contribution is 5.51. The van der Waals surface area contributed by atoms with Crippen molar-refractivity contribution in [3.63, 3.8) is 0 Å². The van der Waals surface area contributed by atoms with E-state index in [-0.39, 0.29) is 11.3 Å². The number of rotatable bonds is 3. The Morgan fingerprint density at radius 2 is 2.10 bits per heavy atom. The van der Waals surface area contributed by atoms with E-state index in [1.165, 1.54) is 6.07 Å². The van der Waals surface area contributed by atoms with Gasteiger partial charge in [-0.25, -0.2) is 0 Å². The molecule has 2 aromatic rings. The van der Waals surface area contributed by atoms with Gasteiger partial charge in [0.15, 0.2) is 5.82 Å². The van der Waals surface area contributed by atoms with Crippen molar-refractivity contribution >= 4 is 0 Å². The smallest absolute Gasteiger partial charge is 0.334 e. The highest BCUT2D eigenvalue weighted by atomic mass is 19.4. The molecule has 1 fully saturated rings. The molecule has 0 amide bonds. The summed E-state index contributed by atoms with van der Waals surface area (Å²) in [6, 6.07) is 2.44. The van der Waals surface area contributed by atoms with Crippen LogP contribution >= 0.6 is 0 Å². The van der Waals surface area contributed by atoms with Crippen LogP contribution in [0, 0.1) is 0 Å². The predicted molar refractivity (Wildman–Crippen MR) is 66.6 cm³/mol. The van der Waals surface area contributed by atoms with Gasteiger partial charge < -0.3 is 9.09 Å². The van der Waals surface area contributed by atoms with E-state index in [4.69, 9.17) is 4.52 Å².